The number of sulfonamides is 1. The number of nitrogens with one attached hydrogen (secondary N) is 1. The molecule has 2 aromatic heterocycles. The van der Waals surface area contributed by atoms with Gasteiger partial charge in [0.25, 0.3) is 21.6 Å². The summed E-state index contributed by atoms with van der Waals surface area (Å²) in [6.07, 6.45) is 0. The van der Waals surface area contributed by atoms with Gasteiger partial charge in [-0.15, -0.1) is 11.3 Å². The van der Waals surface area contributed by atoms with E-state index in [0.29, 0.717) is 10.7 Å². The molecular formula is C18H12N4O5S2. The van der Waals surface area contributed by atoms with Gasteiger partial charge in [0, 0.05) is 17.7 Å². The van der Waals surface area contributed by atoms with Crippen LogP contribution in [0.5, 0.6) is 0 Å². The van der Waals surface area contributed by atoms with E-state index in [2.05, 4.69) is 14.9 Å². The van der Waals surface area contributed by atoms with Crippen molar-refractivity contribution in [3.05, 3.63) is 76.2 Å². The van der Waals surface area contributed by atoms with Crippen LogP contribution < -0.4 is 4.72 Å². The highest BCUT2D eigenvalue weighted by atomic mass is 32.2. The lowest BCUT2D eigenvalue weighted by molar-refractivity contribution is -0.384. The molecule has 0 aliphatic rings. The largest absolute Gasteiger partial charge is 0.333 e. The Hall–Kier alpha value is -3.57. The van der Waals surface area contributed by atoms with Gasteiger partial charge in [0.15, 0.2) is 0 Å². The van der Waals surface area contributed by atoms with Gasteiger partial charge in [-0.2, -0.15) is 4.98 Å². The normalized spacial score (nSPS) is 11.3. The summed E-state index contributed by atoms with van der Waals surface area (Å²) in [4.78, 5) is 14.8. The molecule has 1 N–H and O–H groups in total. The van der Waals surface area contributed by atoms with Gasteiger partial charge in [0.05, 0.1) is 15.5 Å². The number of anilines is 1. The summed E-state index contributed by atoms with van der Waals surface area (Å²) < 4.78 is 33.1. The lowest BCUT2D eigenvalue weighted by Crippen LogP contribution is -2.13. The van der Waals surface area contributed by atoms with Crippen molar-refractivity contribution in [1.82, 2.24) is 10.1 Å². The highest BCUT2D eigenvalue weighted by molar-refractivity contribution is 7.92. The van der Waals surface area contributed by atoms with Crippen molar-refractivity contribution in [2.75, 3.05) is 4.72 Å². The van der Waals surface area contributed by atoms with Crippen LogP contribution in [0.2, 0.25) is 0 Å². The van der Waals surface area contributed by atoms with Crippen molar-refractivity contribution < 1.29 is 17.9 Å². The number of hydrogen-bond donors (Lipinski definition) is 1. The molecule has 2 aromatic carbocycles. The molecule has 4 rings (SSSR count). The number of thiophene rings is 1. The Labute approximate surface area is 168 Å². The van der Waals surface area contributed by atoms with E-state index in [1.807, 2.05) is 30.3 Å². The number of nitro groups is 1. The highest BCUT2D eigenvalue weighted by Gasteiger charge is 2.21. The van der Waals surface area contributed by atoms with Gasteiger partial charge < -0.3 is 4.52 Å². The second-order valence-electron chi connectivity index (χ2n) is 5.81. The van der Waals surface area contributed by atoms with E-state index in [0.717, 1.165) is 17.7 Å². The number of benzene rings is 2. The summed E-state index contributed by atoms with van der Waals surface area (Å²) in [5.74, 6) is 0.568. The Kier molecular flexibility index (Phi) is 4.82. The lowest BCUT2D eigenvalue weighted by Gasteiger charge is -2.07. The minimum atomic E-state index is -3.96. The maximum atomic E-state index is 12.6. The fourth-order valence-corrected chi connectivity index (χ4v) is 4.43. The Morgan fingerprint density at radius 3 is 2.45 bits per heavy atom. The van der Waals surface area contributed by atoms with Crippen LogP contribution >= 0.6 is 11.3 Å². The average molecular weight is 428 g/mol. The van der Waals surface area contributed by atoms with E-state index in [9.17, 15) is 18.5 Å². The lowest BCUT2D eigenvalue weighted by atomic mass is 10.2. The molecule has 0 amide bonds. The van der Waals surface area contributed by atoms with E-state index >= 15 is 0 Å². The molecule has 0 aliphatic carbocycles. The molecule has 29 heavy (non-hydrogen) atoms. The molecular weight excluding hydrogens is 416 g/mol. The van der Waals surface area contributed by atoms with Crippen molar-refractivity contribution in [2.45, 2.75) is 4.90 Å². The monoisotopic (exact) mass is 428 g/mol. The van der Waals surface area contributed by atoms with Crippen LogP contribution in [0, 0.1) is 10.1 Å². The van der Waals surface area contributed by atoms with Gasteiger partial charge in [-0.05, 0) is 23.6 Å². The standard InChI is InChI=1S/C18H12N4O5S2/c23-22(24)13-6-8-14(9-7-13)29(25,26)21-15-10-11-28-16(15)18-19-17(20-27-18)12-4-2-1-3-5-12/h1-11,21H. The van der Waals surface area contributed by atoms with E-state index in [1.165, 1.54) is 23.5 Å². The summed E-state index contributed by atoms with van der Waals surface area (Å²) in [6.45, 7) is 0. The summed E-state index contributed by atoms with van der Waals surface area (Å²) in [5.41, 5.74) is 0.850. The van der Waals surface area contributed by atoms with Crippen LogP contribution in [-0.2, 0) is 10.0 Å². The maximum Gasteiger partial charge on any atom is 0.270 e. The molecule has 11 heteroatoms. The Balaban J connectivity index is 1.61. The Morgan fingerprint density at radius 1 is 1.03 bits per heavy atom. The molecule has 4 aromatic rings. The number of rotatable bonds is 6. The fourth-order valence-electron chi connectivity index (χ4n) is 2.53. The fraction of sp³-hybridized carbons (Fsp3) is 0. The number of aromatic nitrogens is 2. The van der Waals surface area contributed by atoms with Crippen LogP contribution in [0.25, 0.3) is 22.2 Å². The predicted molar refractivity (Wildman–Crippen MR) is 107 cm³/mol. The molecule has 0 saturated carbocycles. The SMILES string of the molecule is O=[N+]([O-])c1ccc(S(=O)(=O)Nc2ccsc2-c2nc(-c3ccccc3)no2)cc1. The van der Waals surface area contributed by atoms with Crippen molar-refractivity contribution in [3.8, 4) is 22.2 Å². The molecule has 0 unspecified atom stereocenters. The number of nitrogens with zero attached hydrogens (tertiary/aromatic N) is 3. The van der Waals surface area contributed by atoms with Gasteiger partial charge >= 0.3 is 0 Å². The number of non-ortho nitro benzene ring substituents is 1. The van der Waals surface area contributed by atoms with Crippen LogP contribution in [0.3, 0.4) is 0 Å². The second kappa shape index (κ2) is 7.45. The molecule has 0 fully saturated rings. The zero-order valence-electron chi connectivity index (χ0n) is 14.6. The van der Waals surface area contributed by atoms with E-state index in [1.54, 1.807) is 11.4 Å². The molecule has 0 saturated heterocycles. The van der Waals surface area contributed by atoms with E-state index < -0.39 is 14.9 Å². The van der Waals surface area contributed by atoms with Gasteiger partial charge in [-0.3, -0.25) is 14.8 Å². The molecule has 0 spiro atoms. The molecule has 0 atom stereocenters. The van der Waals surface area contributed by atoms with Gasteiger partial charge in [-0.1, -0.05) is 35.5 Å². The molecule has 2 heterocycles. The highest BCUT2D eigenvalue weighted by Crippen LogP contribution is 2.35. The predicted octanol–water partition coefficient (Wildman–Crippen LogP) is 4.17. The van der Waals surface area contributed by atoms with E-state index in [4.69, 9.17) is 4.52 Å². The summed E-state index contributed by atoms with van der Waals surface area (Å²) >= 11 is 1.24. The maximum absolute atomic E-state index is 12.6. The third kappa shape index (κ3) is 3.86. The van der Waals surface area contributed by atoms with Crippen LogP contribution in [-0.4, -0.2) is 23.5 Å². The first kappa shape index (κ1) is 18.8. The second-order valence-corrected chi connectivity index (χ2v) is 8.41. The zero-order chi connectivity index (χ0) is 20.4. The first-order valence-corrected chi connectivity index (χ1v) is 10.5. The molecule has 146 valence electrons. The first-order chi connectivity index (χ1) is 13.9. The van der Waals surface area contributed by atoms with Gasteiger partial charge in [-0.25, -0.2) is 8.42 Å². The smallest absolute Gasteiger partial charge is 0.270 e. The molecule has 0 bridgehead atoms. The van der Waals surface area contributed by atoms with E-state index in [-0.39, 0.29) is 22.2 Å². The minimum Gasteiger partial charge on any atom is -0.333 e. The zero-order valence-corrected chi connectivity index (χ0v) is 16.2. The first-order valence-electron chi connectivity index (χ1n) is 8.18. The van der Waals surface area contributed by atoms with Crippen LogP contribution in [0.1, 0.15) is 0 Å². The number of nitro benzene ring substituents is 1. The summed E-state index contributed by atoms with van der Waals surface area (Å²) in [6, 6.07) is 15.4. The average Bonchev–Trinajstić information content (AvgIpc) is 3.38. The quantitative estimate of drug-likeness (QED) is 0.360. The van der Waals surface area contributed by atoms with Crippen molar-refractivity contribution in [2.24, 2.45) is 0 Å². The topological polar surface area (TPSA) is 128 Å². The third-order valence-electron chi connectivity index (χ3n) is 3.92. The van der Waals surface area contributed by atoms with Gasteiger partial charge in [0.2, 0.25) is 5.82 Å². The summed E-state index contributed by atoms with van der Waals surface area (Å²) in [5, 5.41) is 16.4. The van der Waals surface area contributed by atoms with Crippen LogP contribution in [0.15, 0.2) is 75.5 Å². The van der Waals surface area contributed by atoms with Gasteiger partial charge in [0.1, 0.15) is 4.88 Å². The molecule has 0 aliphatic heterocycles. The summed E-state index contributed by atoms with van der Waals surface area (Å²) in [7, 11) is -3.96. The third-order valence-corrected chi connectivity index (χ3v) is 6.20. The van der Waals surface area contributed by atoms with Crippen molar-refractivity contribution in [3.63, 3.8) is 0 Å². The van der Waals surface area contributed by atoms with Crippen molar-refractivity contribution >= 4 is 32.7 Å². The minimum absolute atomic E-state index is 0.101. The Morgan fingerprint density at radius 2 is 1.76 bits per heavy atom. The van der Waals surface area contributed by atoms with Crippen LogP contribution in [0.4, 0.5) is 11.4 Å². The molecule has 9 nitrogen and oxygen atoms in total. The Bertz CT molecular complexity index is 1270. The van der Waals surface area contributed by atoms with Crippen molar-refractivity contribution in [1.29, 1.82) is 0 Å². The molecule has 0 radical (unpaired) electrons. The number of hydrogen-bond acceptors (Lipinski definition) is 8.